The van der Waals surface area contributed by atoms with Gasteiger partial charge in [0, 0.05) is 43.4 Å². The van der Waals surface area contributed by atoms with Crippen molar-refractivity contribution in [3.63, 3.8) is 0 Å². The zero-order valence-electron chi connectivity index (χ0n) is 14.8. The molecular weight excluding hydrogens is 417 g/mol. The summed E-state index contributed by atoms with van der Waals surface area (Å²) >= 11 is 13.5. The van der Waals surface area contributed by atoms with Gasteiger partial charge in [0.15, 0.2) is 5.13 Å². The van der Waals surface area contributed by atoms with Gasteiger partial charge in [0.1, 0.15) is 11.5 Å². The number of anilines is 3. The maximum atomic E-state index is 12.8. The van der Waals surface area contributed by atoms with Gasteiger partial charge in [-0.3, -0.25) is 4.79 Å². The SMILES string of the molecule is O=C(c1csc(Nc2ccccn2)n1)N1CCN(c2ccc(Cl)c(Cl)c2)CC1. The number of carbonyl (C=O) groups is 1. The summed E-state index contributed by atoms with van der Waals surface area (Å²) in [6.07, 6.45) is 1.70. The van der Waals surface area contributed by atoms with Gasteiger partial charge in [-0.05, 0) is 30.3 Å². The largest absolute Gasteiger partial charge is 0.368 e. The minimum Gasteiger partial charge on any atom is -0.368 e. The molecule has 144 valence electrons. The van der Waals surface area contributed by atoms with Crippen LogP contribution in [-0.4, -0.2) is 47.0 Å². The zero-order chi connectivity index (χ0) is 19.5. The fraction of sp³-hybridized carbons (Fsp3) is 0.211. The zero-order valence-corrected chi connectivity index (χ0v) is 17.1. The van der Waals surface area contributed by atoms with Crippen LogP contribution in [-0.2, 0) is 0 Å². The Morgan fingerprint density at radius 3 is 2.61 bits per heavy atom. The second-order valence-electron chi connectivity index (χ2n) is 6.26. The summed E-state index contributed by atoms with van der Waals surface area (Å²) in [5.74, 6) is 0.644. The van der Waals surface area contributed by atoms with Gasteiger partial charge in [0.25, 0.3) is 5.91 Å². The van der Waals surface area contributed by atoms with E-state index in [9.17, 15) is 4.79 Å². The highest BCUT2D eigenvalue weighted by Crippen LogP contribution is 2.28. The molecule has 28 heavy (non-hydrogen) atoms. The first-order chi connectivity index (χ1) is 13.6. The van der Waals surface area contributed by atoms with Crippen molar-refractivity contribution >= 4 is 57.1 Å². The topological polar surface area (TPSA) is 61.4 Å². The highest BCUT2D eigenvalue weighted by molar-refractivity contribution is 7.14. The van der Waals surface area contributed by atoms with Crippen molar-refractivity contribution in [2.75, 3.05) is 36.4 Å². The number of thiazole rings is 1. The van der Waals surface area contributed by atoms with Crippen molar-refractivity contribution in [1.29, 1.82) is 0 Å². The molecule has 0 saturated carbocycles. The van der Waals surface area contributed by atoms with E-state index in [1.165, 1.54) is 11.3 Å². The summed E-state index contributed by atoms with van der Waals surface area (Å²) in [6, 6.07) is 11.2. The van der Waals surface area contributed by atoms with Crippen LogP contribution in [0.3, 0.4) is 0 Å². The third-order valence-electron chi connectivity index (χ3n) is 4.46. The van der Waals surface area contributed by atoms with Crippen LogP contribution in [0.5, 0.6) is 0 Å². The molecule has 1 saturated heterocycles. The molecule has 0 unspecified atom stereocenters. The molecule has 0 radical (unpaired) electrons. The van der Waals surface area contributed by atoms with Crippen LogP contribution < -0.4 is 10.2 Å². The number of piperazine rings is 1. The van der Waals surface area contributed by atoms with E-state index >= 15 is 0 Å². The number of halogens is 2. The van der Waals surface area contributed by atoms with Crippen molar-refractivity contribution in [2.24, 2.45) is 0 Å². The lowest BCUT2D eigenvalue weighted by molar-refractivity contribution is 0.0742. The molecule has 0 aliphatic carbocycles. The molecule has 9 heteroatoms. The summed E-state index contributed by atoms with van der Waals surface area (Å²) in [4.78, 5) is 25.4. The van der Waals surface area contributed by atoms with E-state index in [0.717, 1.165) is 18.8 Å². The second-order valence-corrected chi connectivity index (χ2v) is 7.93. The Morgan fingerprint density at radius 2 is 1.89 bits per heavy atom. The Kier molecular flexibility index (Phi) is 5.66. The number of aromatic nitrogens is 2. The Balaban J connectivity index is 1.37. The monoisotopic (exact) mass is 433 g/mol. The molecule has 1 aliphatic rings. The summed E-state index contributed by atoms with van der Waals surface area (Å²) in [7, 11) is 0. The summed E-state index contributed by atoms with van der Waals surface area (Å²) < 4.78 is 0. The van der Waals surface area contributed by atoms with Gasteiger partial charge in [-0.1, -0.05) is 29.3 Å². The van der Waals surface area contributed by atoms with Crippen LogP contribution in [0.1, 0.15) is 10.5 Å². The fourth-order valence-electron chi connectivity index (χ4n) is 2.99. The van der Waals surface area contributed by atoms with Crippen LogP contribution in [0.2, 0.25) is 10.0 Å². The maximum Gasteiger partial charge on any atom is 0.273 e. The molecule has 3 heterocycles. The molecule has 3 aromatic rings. The normalized spacial score (nSPS) is 14.2. The number of nitrogens with zero attached hydrogens (tertiary/aromatic N) is 4. The molecule has 0 spiro atoms. The van der Waals surface area contributed by atoms with Crippen molar-refractivity contribution in [3.8, 4) is 0 Å². The van der Waals surface area contributed by atoms with Gasteiger partial charge in [-0.15, -0.1) is 11.3 Å². The molecule has 1 N–H and O–H groups in total. The van der Waals surface area contributed by atoms with E-state index in [4.69, 9.17) is 23.2 Å². The van der Waals surface area contributed by atoms with Crippen LogP contribution in [0.25, 0.3) is 0 Å². The van der Waals surface area contributed by atoms with E-state index in [1.54, 1.807) is 17.6 Å². The minimum atomic E-state index is -0.0564. The molecule has 4 rings (SSSR count). The van der Waals surface area contributed by atoms with Crippen molar-refractivity contribution < 1.29 is 4.79 Å². The Morgan fingerprint density at radius 1 is 1.07 bits per heavy atom. The average Bonchev–Trinajstić information content (AvgIpc) is 3.19. The number of hydrogen-bond donors (Lipinski definition) is 1. The van der Waals surface area contributed by atoms with Gasteiger partial charge in [0.2, 0.25) is 0 Å². The van der Waals surface area contributed by atoms with Crippen LogP contribution >= 0.6 is 34.5 Å². The lowest BCUT2D eigenvalue weighted by Crippen LogP contribution is -2.48. The maximum absolute atomic E-state index is 12.8. The lowest BCUT2D eigenvalue weighted by atomic mass is 10.2. The smallest absolute Gasteiger partial charge is 0.273 e. The number of carbonyl (C=O) groups excluding carboxylic acids is 1. The first-order valence-corrected chi connectivity index (χ1v) is 10.4. The van der Waals surface area contributed by atoms with E-state index in [2.05, 4.69) is 20.2 Å². The van der Waals surface area contributed by atoms with Crippen LogP contribution in [0, 0.1) is 0 Å². The van der Waals surface area contributed by atoms with Gasteiger partial charge in [-0.2, -0.15) is 0 Å². The average molecular weight is 434 g/mol. The Labute approximate surface area is 176 Å². The van der Waals surface area contributed by atoms with Crippen LogP contribution in [0.15, 0.2) is 48.0 Å². The molecule has 2 aromatic heterocycles. The van der Waals surface area contributed by atoms with Crippen molar-refractivity contribution in [1.82, 2.24) is 14.9 Å². The number of benzene rings is 1. The van der Waals surface area contributed by atoms with Gasteiger partial charge in [-0.25, -0.2) is 9.97 Å². The predicted octanol–water partition coefficient (Wildman–Crippen LogP) is 4.55. The quantitative estimate of drug-likeness (QED) is 0.653. The highest BCUT2D eigenvalue weighted by Gasteiger charge is 2.24. The minimum absolute atomic E-state index is 0.0564. The number of rotatable bonds is 4. The van der Waals surface area contributed by atoms with Crippen molar-refractivity contribution in [2.45, 2.75) is 0 Å². The van der Waals surface area contributed by atoms with Gasteiger partial charge >= 0.3 is 0 Å². The standard InChI is InChI=1S/C19H17Cl2N5OS/c20-14-5-4-13(11-15(14)21)25-7-9-26(10-8-25)18(27)16-12-28-19(23-16)24-17-3-1-2-6-22-17/h1-6,11-12H,7-10H2,(H,22,23,24). The second kappa shape index (κ2) is 8.34. The molecule has 6 nitrogen and oxygen atoms in total. The van der Waals surface area contributed by atoms with Gasteiger partial charge in [0.05, 0.1) is 10.0 Å². The third-order valence-corrected chi connectivity index (χ3v) is 5.96. The summed E-state index contributed by atoms with van der Waals surface area (Å²) in [5.41, 5.74) is 1.46. The number of amides is 1. The molecule has 0 bridgehead atoms. The molecule has 0 atom stereocenters. The number of hydrogen-bond acceptors (Lipinski definition) is 6. The molecular formula is C19H17Cl2N5OS. The number of pyridine rings is 1. The number of nitrogens with one attached hydrogen (secondary N) is 1. The van der Waals surface area contributed by atoms with E-state index in [-0.39, 0.29) is 5.91 Å². The Hall–Kier alpha value is -2.35. The molecule has 1 amide bonds. The first-order valence-electron chi connectivity index (χ1n) is 8.73. The summed E-state index contributed by atoms with van der Waals surface area (Å²) in [5, 5.41) is 6.62. The predicted molar refractivity (Wildman–Crippen MR) is 114 cm³/mol. The molecule has 1 fully saturated rings. The van der Waals surface area contributed by atoms with E-state index < -0.39 is 0 Å². The summed E-state index contributed by atoms with van der Waals surface area (Å²) in [6.45, 7) is 2.71. The molecule has 1 aliphatic heterocycles. The third kappa shape index (κ3) is 4.22. The first kappa shape index (κ1) is 19.0. The van der Waals surface area contributed by atoms with E-state index in [1.807, 2.05) is 35.2 Å². The highest BCUT2D eigenvalue weighted by atomic mass is 35.5. The van der Waals surface area contributed by atoms with E-state index in [0.29, 0.717) is 39.8 Å². The fourth-order valence-corrected chi connectivity index (χ4v) is 3.97. The van der Waals surface area contributed by atoms with Gasteiger partial charge < -0.3 is 15.1 Å². The molecule has 1 aromatic carbocycles. The lowest BCUT2D eigenvalue weighted by Gasteiger charge is -2.36. The Bertz CT molecular complexity index is 973. The van der Waals surface area contributed by atoms with Crippen molar-refractivity contribution in [3.05, 3.63) is 63.7 Å². The van der Waals surface area contributed by atoms with Crippen LogP contribution in [0.4, 0.5) is 16.6 Å².